The molecule has 0 rings (SSSR count). The van der Waals surface area contributed by atoms with Crippen molar-refractivity contribution in [2.24, 2.45) is 5.92 Å². The number of carbonyl (C=O) groups excluding carboxylic acids is 4. The maximum atomic E-state index is 11.6. The Kier molecular flexibility index (Phi) is 8.92. The van der Waals surface area contributed by atoms with E-state index in [-0.39, 0.29) is 29.7 Å². The standard InChI is InChI=1S/C14H23NO5S/c1-8(2)13(18)15-7-10(5)21-14(19)11(16)6-12(17)20-9(3)4/h8-10H,6-7H2,1-5H3,(H,15,18). The van der Waals surface area contributed by atoms with Crippen molar-refractivity contribution in [1.29, 1.82) is 0 Å². The number of amides is 1. The molecule has 0 saturated heterocycles. The first-order valence-electron chi connectivity index (χ1n) is 6.84. The van der Waals surface area contributed by atoms with Crippen LogP contribution in [0, 0.1) is 5.92 Å². The molecule has 0 aromatic carbocycles. The van der Waals surface area contributed by atoms with E-state index in [1.165, 1.54) is 0 Å². The highest BCUT2D eigenvalue weighted by atomic mass is 32.2. The van der Waals surface area contributed by atoms with Gasteiger partial charge in [-0.25, -0.2) is 0 Å². The predicted octanol–water partition coefficient (Wildman–Crippen LogP) is 1.32. The number of thioether (sulfide) groups is 1. The minimum Gasteiger partial charge on any atom is -0.463 e. The predicted molar refractivity (Wildman–Crippen MR) is 80.8 cm³/mol. The van der Waals surface area contributed by atoms with Crippen molar-refractivity contribution < 1.29 is 23.9 Å². The Hall–Kier alpha value is -1.37. The summed E-state index contributed by atoms with van der Waals surface area (Å²) in [4.78, 5) is 45.9. The van der Waals surface area contributed by atoms with Crippen LogP contribution in [0.1, 0.15) is 41.0 Å². The first kappa shape index (κ1) is 19.6. The second-order valence-corrected chi connectivity index (χ2v) is 6.67. The molecule has 6 nitrogen and oxygen atoms in total. The van der Waals surface area contributed by atoms with Crippen LogP contribution in [0.25, 0.3) is 0 Å². The zero-order valence-corrected chi connectivity index (χ0v) is 13.9. The first-order chi connectivity index (χ1) is 9.63. The molecule has 0 spiro atoms. The van der Waals surface area contributed by atoms with Crippen LogP contribution in [0.15, 0.2) is 0 Å². The quantitative estimate of drug-likeness (QED) is 0.412. The Morgan fingerprint density at radius 2 is 1.62 bits per heavy atom. The summed E-state index contributed by atoms with van der Waals surface area (Å²) in [6.07, 6.45) is -0.868. The van der Waals surface area contributed by atoms with Gasteiger partial charge in [0, 0.05) is 17.7 Å². The van der Waals surface area contributed by atoms with Gasteiger partial charge in [0.05, 0.1) is 6.10 Å². The molecular weight excluding hydrogens is 294 g/mol. The van der Waals surface area contributed by atoms with E-state index in [2.05, 4.69) is 5.32 Å². The summed E-state index contributed by atoms with van der Waals surface area (Å²) in [6.45, 7) is 8.88. The lowest BCUT2D eigenvalue weighted by Gasteiger charge is -2.12. The average molecular weight is 317 g/mol. The normalized spacial score (nSPS) is 12.1. The van der Waals surface area contributed by atoms with Crippen LogP contribution in [0.3, 0.4) is 0 Å². The van der Waals surface area contributed by atoms with E-state index in [0.29, 0.717) is 0 Å². The van der Waals surface area contributed by atoms with Crippen LogP contribution in [0.4, 0.5) is 0 Å². The van der Waals surface area contributed by atoms with E-state index in [4.69, 9.17) is 4.74 Å². The third-order valence-electron chi connectivity index (χ3n) is 2.30. The minimum atomic E-state index is -0.785. The minimum absolute atomic E-state index is 0.110. The zero-order chi connectivity index (χ0) is 16.6. The summed E-state index contributed by atoms with van der Waals surface area (Å²) in [5, 5.41) is 1.74. The van der Waals surface area contributed by atoms with E-state index < -0.39 is 23.3 Å². The van der Waals surface area contributed by atoms with Crippen LogP contribution >= 0.6 is 11.8 Å². The van der Waals surface area contributed by atoms with Gasteiger partial charge in [0.1, 0.15) is 6.42 Å². The number of esters is 1. The molecule has 1 amide bonds. The lowest BCUT2D eigenvalue weighted by atomic mass is 10.2. The van der Waals surface area contributed by atoms with Crippen LogP contribution in [-0.2, 0) is 23.9 Å². The highest BCUT2D eigenvalue weighted by molar-refractivity contribution is 8.15. The molecule has 0 aliphatic carbocycles. The van der Waals surface area contributed by atoms with Crippen molar-refractivity contribution in [1.82, 2.24) is 5.32 Å². The van der Waals surface area contributed by atoms with Crippen molar-refractivity contribution in [3.8, 4) is 0 Å². The highest BCUT2D eigenvalue weighted by Crippen LogP contribution is 2.13. The summed E-state index contributed by atoms with van der Waals surface area (Å²) in [5.74, 6) is -1.73. The fourth-order valence-corrected chi connectivity index (χ4v) is 1.98. The summed E-state index contributed by atoms with van der Waals surface area (Å²) in [6, 6.07) is 0. The van der Waals surface area contributed by atoms with Crippen LogP contribution < -0.4 is 5.32 Å². The molecule has 0 heterocycles. The van der Waals surface area contributed by atoms with Gasteiger partial charge in [-0.05, 0) is 13.8 Å². The van der Waals surface area contributed by atoms with Gasteiger partial charge in [-0.1, -0.05) is 32.5 Å². The third-order valence-corrected chi connectivity index (χ3v) is 3.31. The Bertz CT molecular complexity index is 406. The second-order valence-electron chi connectivity index (χ2n) is 5.25. The first-order valence-corrected chi connectivity index (χ1v) is 7.72. The van der Waals surface area contributed by atoms with Crippen LogP contribution in [0.5, 0.6) is 0 Å². The lowest BCUT2D eigenvalue weighted by Crippen LogP contribution is -2.33. The fourth-order valence-electron chi connectivity index (χ4n) is 1.25. The molecule has 0 radical (unpaired) electrons. The Morgan fingerprint density at radius 1 is 1.05 bits per heavy atom. The molecule has 21 heavy (non-hydrogen) atoms. The molecule has 0 bridgehead atoms. The lowest BCUT2D eigenvalue weighted by molar-refractivity contribution is -0.150. The number of Topliss-reactive ketones (excluding diaryl/α,β-unsaturated/α-hetero) is 1. The van der Waals surface area contributed by atoms with E-state index in [0.717, 1.165) is 11.8 Å². The van der Waals surface area contributed by atoms with Crippen molar-refractivity contribution in [2.45, 2.75) is 52.4 Å². The number of carbonyl (C=O) groups is 4. The molecule has 1 atom stereocenters. The zero-order valence-electron chi connectivity index (χ0n) is 13.1. The molecule has 0 saturated carbocycles. The van der Waals surface area contributed by atoms with Gasteiger partial charge in [0.25, 0.3) is 5.12 Å². The van der Waals surface area contributed by atoms with E-state index in [1.54, 1.807) is 34.6 Å². The Balaban J connectivity index is 4.14. The molecule has 1 unspecified atom stereocenters. The number of hydrogen-bond acceptors (Lipinski definition) is 6. The van der Waals surface area contributed by atoms with Gasteiger partial charge in [-0.3, -0.25) is 19.2 Å². The largest absolute Gasteiger partial charge is 0.463 e. The summed E-state index contributed by atoms with van der Waals surface area (Å²) in [7, 11) is 0. The molecule has 0 aliphatic heterocycles. The smallest absolute Gasteiger partial charge is 0.314 e. The van der Waals surface area contributed by atoms with E-state index in [1.807, 2.05) is 0 Å². The summed E-state index contributed by atoms with van der Waals surface area (Å²) in [5.41, 5.74) is 0. The van der Waals surface area contributed by atoms with Crippen molar-refractivity contribution >= 4 is 34.5 Å². The van der Waals surface area contributed by atoms with Gasteiger partial charge in [0.15, 0.2) is 0 Å². The van der Waals surface area contributed by atoms with Crippen LogP contribution in [-0.4, -0.2) is 40.7 Å². The molecule has 0 aromatic heterocycles. The third kappa shape index (κ3) is 9.23. The van der Waals surface area contributed by atoms with Gasteiger partial charge >= 0.3 is 5.97 Å². The van der Waals surface area contributed by atoms with Crippen molar-refractivity contribution in [3.63, 3.8) is 0 Å². The van der Waals surface area contributed by atoms with Gasteiger partial charge in [-0.15, -0.1) is 0 Å². The maximum Gasteiger partial charge on any atom is 0.314 e. The summed E-state index contributed by atoms with van der Waals surface area (Å²) < 4.78 is 4.80. The van der Waals surface area contributed by atoms with Gasteiger partial charge in [0.2, 0.25) is 11.7 Å². The molecule has 0 fully saturated rings. The van der Waals surface area contributed by atoms with E-state index in [9.17, 15) is 19.2 Å². The summed E-state index contributed by atoms with van der Waals surface area (Å²) >= 11 is 0.811. The second kappa shape index (κ2) is 9.55. The number of hydrogen-bond donors (Lipinski definition) is 1. The van der Waals surface area contributed by atoms with Gasteiger partial charge in [-0.2, -0.15) is 0 Å². The molecule has 0 aliphatic rings. The Labute approximate surface area is 129 Å². The Morgan fingerprint density at radius 3 is 2.10 bits per heavy atom. The fraction of sp³-hybridized carbons (Fsp3) is 0.714. The average Bonchev–Trinajstić information content (AvgIpc) is 2.34. The van der Waals surface area contributed by atoms with Gasteiger partial charge < -0.3 is 10.1 Å². The molecule has 7 heteroatoms. The monoisotopic (exact) mass is 317 g/mol. The number of ketones is 1. The topological polar surface area (TPSA) is 89.5 Å². The van der Waals surface area contributed by atoms with Crippen molar-refractivity contribution in [3.05, 3.63) is 0 Å². The number of rotatable bonds is 8. The maximum absolute atomic E-state index is 11.6. The SMILES string of the molecule is CC(C)OC(=O)CC(=O)C(=O)SC(C)CNC(=O)C(C)C. The van der Waals surface area contributed by atoms with E-state index >= 15 is 0 Å². The molecular formula is C14H23NO5S. The molecule has 0 aromatic rings. The highest BCUT2D eigenvalue weighted by Gasteiger charge is 2.22. The number of nitrogens with one attached hydrogen (secondary N) is 1. The number of ether oxygens (including phenoxy) is 1. The van der Waals surface area contributed by atoms with Crippen molar-refractivity contribution in [2.75, 3.05) is 6.54 Å². The van der Waals surface area contributed by atoms with Crippen LogP contribution in [0.2, 0.25) is 0 Å². The molecule has 120 valence electrons. The molecule has 1 N–H and O–H groups in total.